The van der Waals surface area contributed by atoms with Gasteiger partial charge in [-0.1, -0.05) is 28.8 Å². The lowest BCUT2D eigenvalue weighted by Crippen LogP contribution is -2.23. The number of nitrogens with zero attached hydrogens (tertiary/aromatic N) is 2. The van der Waals surface area contributed by atoms with E-state index in [4.69, 9.17) is 9.47 Å². The highest BCUT2D eigenvalue weighted by atomic mass is 32.1. The molecule has 0 saturated carbocycles. The van der Waals surface area contributed by atoms with Gasteiger partial charge in [0.05, 0.1) is 30.3 Å². The van der Waals surface area contributed by atoms with E-state index in [0.717, 1.165) is 35.0 Å². The molecule has 31 heavy (non-hydrogen) atoms. The zero-order valence-electron chi connectivity index (χ0n) is 17.5. The van der Waals surface area contributed by atoms with Gasteiger partial charge >= 0.3 is 0 Å². The van der Waals surface area contributed by atoms with Gasteiger partial charge in [-0.2, -0.15) is 0 Å². The summed E-state index contributed by atoms with van der Waals surface area (Å²) in [4.78, 5) is 13.7. The van der Waals surface area contributed by atoms with Crippen LogP contribution in [0.4, 0.5) is 0 Å². The topological polar surface area (TPSA) is 85.4 Å². The van der Waals surface area contributed by atoms with Gasteiger partial charge in [-0.3, -0.25) is 4.79 Å². The van der Waals surface area contributed by atoms with Crippen molar-refractivity contribution < 1.29 is 14.3 Å². The fourth-order valence-electron chi connectivity index (χ4n) is 3.43. The molecule has 3 aromatic rings. The molecule has 1 aromatic heterocycles. The summed E-state index contributed by atoms with van der Waals surface area (Å²) in [6.45, 7) is 5.55. The van der Waals surface area contributed by atoms with Crippen LogP contribution in [0.3, 0.4) is 0 Å². The highest BCUT2D eigenvalue weighted by Crippen LogP contribution is 2.24. The molecular formula is C23H26N4O3S. The van der Waals surface area contributed by atoms with E-state index >= 15 is 0 Å². The zero-order chi connectivity index (χ0) is 21.5. The molecule has 1 aliphatic heterocycles. The van der Waals surface area contributed by atoms with Crippen LogP contribution in [0.25, 0.3) is 0 Å². The monoisotopic (exact) mass is 438 g/mol. The van der Waals surface area contributed by atoms with Gasteiger partial charge in [-0.25, -0.2) is 0 Å². The van der Waals surface area contributed by atoms with Crippen LogP contribution in [-0.4, -0.2) is 41.9 Å². The van der Waals surface area contributed by atoms with E-state index in [1.807, 2.05) is 19.1 Å². The maximum absolute atomic E-state index is 12.8. The van der Waals surface area contributed by atoms with Gasteiger partial charge in [0.15, 0.2) is 0 Å². The molecule has 8 heteroatoms. The number of aryl methyl sites for hydroxylation is 1. The van der Waals surface area contributed by atoms with E-state index in [0.29, 0.717) is 38.3 Å². The van der Waals surface area contributed by atoms with Crippen molar-refractivity contribution in [2.45, 2.75) is 26.4 Å². The largest absolute Gasteiger partial charge is 0.491 e. The lowest BCUT2D eigenvalue weighted by atomic mass is 9.99. The smallest absolute Gasteiger partial charge is 0.251 e. The minimum Gasteiger partial charge on any atom is -0.491 e. The number of hydrogen-bond acceptors (Lipinski definition) is 7. The average Bonchev–Trinajstić information content (AvgIpc) is 3.19. The number of amides is 1. The lowest BCUT2D eigenvalue weighted by molar-refractivity contribution is 0.0950. The van der Waals surface area contributed by atoms with Gasteiger partial charge in [-0.05, 0) is 53.3 Å². The minimum absolute atomic E-state index is 0.128. The number of ether oxygens (including phenoxy) is 2. The first-order valence-corrected chi connectivity index (χ1v) is 11.1. The summed E-state index contributed by atoms with van der Waals surface area (Å²) < 4.78 is 15.5. The number of fused-ring (bicyclic) bond motifs is 3. The Morgan fingerprint density at radius 1 is 1.16 bits per heavy atom. The van der Waals surface area contributed by atoms with Crippen molar-refractivity contribution in [3.05, 3.63) is 75.3 Å². The number of aromatic nitrogens is 2. The van der Waals surface area contributed by atoms with Crippen molar-refractivity contribution in [3.8, 4) is 5.75 Å². The Morgan fingerprint density at radius 3 is 2.94 bits per heavy atom. The molecular weight excluding hydrogens is 412 g/mol. The van der Waals surface area contributed by atoms with Crippen LogP contribution in [0.15, 0.2) is 42.5 Å². The number of hydrogen-bond donors (Lipinski definition) is 2. The number of nitrogens with one attached hydrogen (secondary N) is 2. The van der Waals surface area contributed by atoms with Crippen molar-refractivity contribution in [1.82, 2.24) is 20.2 Å². The summed E-state index contributed by atoms with van der Waals surface area (Å²) in [6, 6.07) is 14.1. The maximum Gasteiger partial charge on any atom is 0.251 e. The third kappa shape index (κ3) is 5.88. The SMILES string of the molecule is Cc1nnsc1CNC(=O)c1ccc2c(c1)Cc1cccc(c1)CNCCOCCO2. The predicted molar refractivity (Wildman–Crippen MR) is 120 cm³/mol. The molecule has 0 aliphatic carbocycles. The summed E-state index contributed by atoms with van der Waals surface area (Å²) >= 11 is 1.30. The van der Waals surface area contributed by atoms with Crippen molar-refractivity contribution in [3.63, 3.8) is 0 Å². The van der Waals surface area contributed by atoms with Crippen molar-refractivity contribution in [2.24, 2.45) is 0 Å². The molecule has 0 atom stereocenters. The van der Waals surface area contributed by atoms with E-state index in [9.17, 15) is 4.79 Å². The Balaban J connectivity index is 1.55. The molecule has 4 rings (SSSR count). The Kier molecular flexibility index (Phi) is 7.24. The van der Waals surface area contributed by atoms with Gasteiger partial charge in [0.1, 0.15) is 12.4 Å². The van der Waals surface area contributed by atoms with E-state index in [1.54, 1.807) is 6.07 Å². The van der Waals surface area contributed by atoms with Gasteiger partial charge in [0.25, 0.3) is 5.91 Å². The van der Waals surface area contributed by atoms with Crippen molar-refractivity contribution in [1.29, 1.82) is 0 Å². The maximum atomic E-state index is 12.8. The summed E-state index contributed by atoms with van der Waals surface area (Å²) in [5, 5.41) is 10.3. The highest BCUT2D eigenvalue weighted by molar-refractivity contribution is 7.05. The summed E-state index contributed by atoms with van der Waals surface area (Å²) in [6.07, 6.45) is 0.684. The third-order valence-corrected chi connectivity index (χ3v) is 5.92. The third-order valence-electron chi connectivity index (χ3n) is 5.10. The first-order valence-electron chi connectivity index (χ1n) is 10.4. The minimum atomic E-state index is -0.128. The number of benzene rings is 2. The summed E-state index contributed by atoms with van der Waals surface area (Å²) in [7, 11) is 0. The lowest BCUT2D eigenvalue weighted by Gasteiger charge is -2.15. The first-order chi connectivity index (χ1) is 15.2. The van der Waals surface area contributed by atoms with Gasteiger partial charge in [0.2, 0.25) is 0 Å². The molecule has 0 radical (unpaired) electrons. The average molecular weight is 439 g/mol. The molecule has 2 bridgehead atoms. The molecule has 2 heterocycles. The second-order valence-corrected chi connectivity index (χ2v) is 8.26. The standard InChI is InChI=1S/C23H26N4O3S/c1-16-22(31-27-26-16)15-25-23(28)19-5-6-21-20(13-19)12-17-3-2-4-18(11-17)14-24-7-8-29-9-10-30-21/h2-6,11,13,24H,7-10,12,14-15H2,1H3,(H,25,28). The van der Waals surface area contributed by atoms with E-state index in [-0.39, 0.29) is 5.91 Å². The number of carbonyl (C=O) groups is 1. The molecule has 0 saturated heterocycles. The van der Waals surface area contributed by atoms with Crippen molar-refractivity contribution in [2.75, 3.05) is 26.4 Å². The summed E-state index contributed by atoms with van der Waals surface area (Å²) in [5.41, 5.74) is 4.83. The predicted octanol–water partition coefficient (Wildman–Crippen LogP) is 2.87. The van der Waals surface area contributed by atoms with Crippen molar-refractivity contribution >= 4 is 17.4 Å². The second-order valence-electron chi connectivity index (χ2n) is 7.42. The van der Waals surface area contributed by atoms with E-state index in [2.05, 4.69) is 44.5 Å². The van der Waals surface area contributed by atoms with Gasteiger partial charge in [-0.15, -0.1) is 5.10 Å². The van der Waals surface area contributed by atoms with Gasteiger partial charge < -0.3 is 20.1 Å². The Bertz CT molecular complexity index is 1040. The number of carbonyl (C=O) groups excluding carboxylic acids is 1. The first kappa shape index (κ1) is 21.4. The van der Waals surface area contributed by atoms with Crippen LogP contribution in [0.5, 0.6) is 5.75 Å². The van der Waals surface area contributed by atoms with Crippen LogP contribution >= 0.6 is 11.5 Å². The molecule has 2 aromatic carbocycles. The molecule has 0 fully saturated rings. The molecule has 1 amide bonds. The quantitative estimate of drug-likeness (QED) is 0.654. The van der Waals surface area contributed by atoms with E-state index in [1.165, 1.54) is 22.7 Å². The molecule has 0 unspecified atom stereocenters. The summed E-state index contributed by atoms with van der Waals surface area (Å²) in [5.74, 6) is 0.652. The number of rotatable bonds is 3. The van der Waals surface area contributed by atoms with Crippen LogP contribution in [0.2, 0.25) is 0 Å². The molecule has 162 valence electrons. The van der Waals surface area contributed by atoms with Crippen LogP contribution in [0.1, 0.15) is 37.6 Å². The fourth-order valence-corrected chi connectivity index (χ4v) is 4.01. The Labute approximate surface area is 186 Å². The fraction of sp³-hybridized carbons (Fsp3) is 0.348. The molecule has 7 nitrogen and oxygen atoms in total. The highest BCUT2D eigenvalue weighted by Gasteiger charge is 2.13. The van der Waals surface area contributed by atoms with Crippen LogP contribution in [-0.2, 0) is 24.2 Å². The molecule has 2 N–H and O–H groups in total. The molecule has 0 spiro atoms. The second kappa shape index (κ2) is 10.5. The van der Waals surface area contributed by atoms with Crippen LogP contribution in [0, 0.1) is 6.92 Å². The normalized spacial score (nSPS) is 14.7. The zero-order valence-corrected chi connectivity index (χ0v) is 18.3. The van der Waals surface area contributed by atoms with Gasteiger partial charge in [0, 0.05) is 25.1 Å². The Hall–Kier alpha value is -2.81. The van der Waals surface area contributed by atoms with Crippen LogP contribution < -0.4 is 15.4 Å². The van der Waals surface area contributed by atoms with E-state index < -0.39 is 0 Å². The molecule has 1 aliphatic rings. The Morgan fingerprint density at radius 2 is 2.06 bits per heavy atom.